The van der Waals surface area contributed by atoms with E-state index in [9.17, 15) is 10.4 Å². The monoisotopic (exact) mass is 260 g/mol. The first-order chi connectivity index (χ1) is 9.76. The van der Waals surface area contributed by atoms with Gasteiger partial charge < -0.3 is 9.67 Å². The van der Waals surface area contributed by atoms with Crippen molar-refractivity contribution in [3.8, 4) is 17.5 Å². The fraction of sp³-hybridized carbons (Fsp3) is 0. The van der Waals surface area contributed by atoms with Crippen LogP contribution in [0.2, 0.25) is 0 Å². The molecule has 96 valence electrons. The molecule has 0 amide bonds. The standard InChI is InChI=1S/C17H12N2O/c1-2-16-15(11-18)14-5-3-4-6-17(14)19(16)12-7-9-13(20)10-8-12/h2-10,20H,1H2. The number of hydrogen-bond donors (Lipinski definition) is 1. The van der Waals surface area contributed by atoms with E-state index in [4.69, 9.17) is 0 Å². The van der Waals surface area contributed by atoms with Gasteiger partial charge in [-0.1, -0.05) is 24.8 Å². The number of nitriles is 1. The first-order valence-electron chi connectivity index (χ1n) is 6.21. The fourth-order valence-corrected chi connectivity index (χ4v) is 2.45. The van der Waals surface area contributed by atoms with Crippen LogP contribution < -0.4 is 0 Å². The number of phenolic OH excluding ortho intramolecular Hbond substituents is 1. The summed E-state index contributed by atoms with van der Waals surface area (Å²) in [7, 11) is 0. The Morgan fingerprint density at radius 1 is 1.10 bits per heavy atom. The van der Waals surface area contributed by atoms with Crippen LogP contribution in [-0.2, 0) is 0 Å². The third-order valence-electron chi connectivity index (χ3n) is 3.32. The van der Waals surface area contributed by atoms with Crippen molar-refractivity contribution in [3.05, 3.63) is 66.4 Å². The Morgan fingerprint density at radius 3 is 2.45 bits per heavy atom. The number of benzene rings is 2. The minimum absolute atomic E-state index is 0.214. The van der Waals surface area contributed by atoms with Crippen molar-refractivity contribution in [3.63, 3.8) is 0 Å². The minimum Gasteiger partial charge on any atom is -0.508 e. The Labute approximate surface area is 116 Å². The summed E-state index contributed by atoms with van der Waals surface area (Å²) < 4.78 is 1.97. The molecule has 0 aliphatic carbocycles. The van der Waals surface area contributed by atoms with E-state index in [0.717, 1.165) is 22.3 Å². The Bertz CT molecular complexity index is 836. The maximum absolute atomic E-state index is 9.41. The number of phenols is 1. The summed E-state index contributed by atoms with van der Waals surface area (Å²) in [6.45, 7) is 3.82. The SMILES string of the molecule is C=Cc1c(C#N)c2ccccc2n1-c1ccc(O)cc1. The molecule has 3 rings (SSSR count). The smallest absolute Gasteiger partial charge is 0.115 e. The van der Waals surface area contributed by atoms with Crippen LogP contribution in [0.3, 0.4) is 0 Å². The zero-order chi connectivity index (χ0) is 14.1. The van der Waals surface area contributed by atoms with Crippen LogP contribution >= 0.6 is 0 Å². The Kier molecular flexibility index (Phi) is 2.77. The molecule has 0 aliphatic rings. The van der Waals surface area contributed by atoms with Gasteiger partial charge in [-0.25, -0.2) is 0 Å². The second-order valence-electron chi connectivity index (χ2n) is 4.45. The molecule has 20 heavy (non-hydrogen) atoms. The summed E-state index contributed by atoms with van der Waals surface area (Å²) in [5, 5.41) is 19.7. The lowest BCUT2D eigenvalue weighted by molar-refractivity contribution is 0.475. The molecular formula is C17H12N2O. The van der Waals surface area contributed by atoms with Gasteiger partial charge in [0.2, 0.25) is 0 Å². The quantitative estimate of drug-likeness (QED) is 0.760. The van der Waals surface area contributed by atoms with Crippen LogP contribution in [-0.4, -0.2) is 9.67 Å². The van der Waals surface area contributed by atoms with Gasteiger partial charge in [0.25, 0.3) is 0 Å². The average Bonchev–Trinajstić information content (AvgIpc) is 2.81. The fourth-order valence-electron chi connectivity index (χ4n) is 2.45. The van der Waals surface area contributed by atoms with Gasteiger partial charge in [0.15, 0.2) is 0 Å². The third-order valence-corrected chi connectivity index (χ3v) is 3.32. The lowest BCUT2D eigenvalue weighted by Crippen LogP contribution is -1.96. The summed E-state index contributed by atoms with van der Waals surface area (Å²) in [6.07, 6.45) is 1.69. The zero-order valence-corrected chi connectivity index (χ0v) is 10.7. The van der Waals surface area contributed by atoms with Crippen LogP contribution in [0.1, 0.15) is 11.3 Å². The van der Waals surface area contributed by atoms with Crippen LogP contribution in [0.4, 0.5) is 0 Å². The number of rotatable bonds is 2. The highest BCUT2D eigenvalue weighted by atomic mass is 16.3. The number of hydrogen-bond acceptors (Lipinski definition) is 2. The van der Waals surface area contributed by atoms with Crippen LogP contribution in [0.5, 0.6) is 5.75 Å². The van der Waals surface area contributed by atoms with E-state index in [1.54, 1.807) is 18.2 Å². The van der Waals surface area contributed by atoms with Crippen molar-refractivity contribution >= 4 is 17.0 Å². The van der Waals surface area contributed by atoms with Gasteiger partial charge in [0.1, 0.15) is 11.8 Å². The van der Waals surface area contributed by atoms with Crippen molar-refractivity contribution in [1.29, 1.82) is 5.26 Å². The topological polar surface area (TPSA) is 49.0 Å². The van der Waals surface area contributed by atoms with Gasteiger partial charge in [-0.15, -0.1) is 0 Å². The van der Waals surface area contributed by atoms with Crippen molar-refractivity contribution in [2.75, 3.05) is 0 Å². The van der Waals surface area contributed by atoms with Gasteiger partial charge in [-0.2, -0.15) is 5.26 Å². The normalized spacial score (nSPS) is 10.3. The molecule has 1 aromatic heterocycles. The van der Waals surface area contributed by atoms with E-state index in [2.05, 4.69) is 12.6 Å². The molecule has 3 aromatic rings. The van der Waals surface area contributed by atoms with E-state index >= 15 is 0 Å². The summed E-state index contributed by atoms with van der Waals surface area (Å²) in [6, 6.07) is 16.9. The molecule has 0 aliphatic heterocycles. The molecule has 3 heteroatoms. The van der Waals surface area contributed by atoms with Gasteiger partial charge in [-0.3, -0.25) is 0 Å². The molecule has 1 N–H and O–H groups in total. The van der Waals surface area contributed by atoms with Gasteiger partial charge >= 0.3 is 0 Å². The predicted molar refractivity (Wildman–Crippen MR) is 79.7 cm³/mol. The molecule has 3 nitrogen and oxygen atoms in total. The van der Waals surface area contributed by atoms with E-state index in [-0.39, 0.29) is 5.75 Å². The lowest BCUT2D eigenvalue weighted by Gasteiger charge is -2.08. The van der Waals surface area contributed by atoms with E-state index in [1.165, 1.54) is 0 Å². The largest absolute Gasteiger partial charge is 0.508 e. The molecular weight excluding hydrogens is 248 g/mol. The summed E-state index contributed by atoms with van der Waals surface area (Å²) in [4.78, 5) is 0. The van der Waals surface area contributed by atoms with Crippen LogP contribution in [0.15, 0.2) is 55.1 Å². The van der Waals surface area contributed by atoms with E-state index in [1.807, 2.05) is 41.0 Å². The number of fused-ring (bicyclic) bond motifs is 1. The average molecular weight is 260 g/mol. The number of aromatic nitrogens is 1. The molecule has 0 fully saturated rings. The Balaban J connectivity index is 2.43. The summed E-state index contributed by atoms with van der Waals surface area (Å²) in [5.74, 6) is 0.214. The Morgan fingerprint density at radius 2 is 1.80 bits per heavy atom. The highest BCUT2D eigenvalue weighted by molar-refractivity contribution is 5.92. The van der Waals surface area contributed by atoms with Gasteiger partial charge in [0.05, 0.1) is 16.8 Å². The van der Waals surface area contributed by atoms with Gasteiger partial charge in [-0.05, 0) is 36.4 Å². The van der Waals surface area contributed by atoms with Crippen LogP contribution in [0, 0.1) is 11.3 Å². The second kappa shape index (κ2) is 4.60. The van der Waals surface area contributed by atoms with Crippen molar-refractivity contribution in [2.45, 2.75) is 0 Å². The second-order valence-corrected chi connectivity index (χ2v) is 4.45. The first kappa shape index (κ1) is 12.1. The van der Waals surface area contributed by atoms with Gasteiger partial charge in [0, 0.05) is 11.1 Å². The lowest BCUT2D eigenvalue weighted by atomic mass is 10.1. The minimum atomic E-state index is 0.214. The van der Waals surface area contributed by atoms with E-state index in [0.29, 0.717) is 5.56 Å². The molecule has 1 heterocycles. The molecule has 0 atom stereocenters. The first-order valence-corrected chi connectivity index (χ1v) is 6.21. The number of nitrogens with zero attached hydrogens (tertiary/aromatic N) is 2. The highest BCUT2D eigenvalue weighted by Crippen LogP contribution is 2.30. The maximum Gasteiger partial charge on any atom is 0.115 e. The molecule has 0 saturated carbocycles. The number of aromatic hydroxyl groups is 1. The Hall–Kier alpha value is -2.99. The van der Waals surface area contributed by atoms with E-state index < -0.39 is 0 Å². The maximum atomic E-state index is 9.41. The van der Waals surface area contributed by atoms with Crippen LogP contribution in [0.25, 0.3) is 22.7 Å². The third kappa shape index (κ3) is 1.67. The molecule has 0 unspecified atom stereocenters. The number of para-hydroxylation sites is 1. The van der Waals surface area contributed by atoms with Crippen molar-refractivity contribution in [1.82, 2.24) is 4.57 Å². The molecule has 0 bridgehead atoms. The molecule has 0 saturated heterocycles. The summed E-state index contributed by atoms with van der Waals surface area (Å²) >= 11 is 0. The highest BCUT2D eigenvalue weighted by Gasteiger charge is 2.15. The molecule has 0 spiro atoms. The van der Waals surface area contributed by atoms with Crippen molar-refractivity contribution in [2.24, 2.45) is 0 Å². The van der Waals surface area contributed by atoms with Crippen molar-refractivity contribution < 1.29 is 5.11 Å². The zero-order valence-electron chi connectivity index (χ0n) is 10.7. The summed E-state index contributed by atoms with van der Waals surface area (Å²) in [5.41, 5.74) is 3.21. The predicted octanol–water partition coefficient (Wildman–Crippen LogP) is 3.85. The molecule has 2 aromatic carbocycles. The molecule has 0 radical (unpaired) electrons.